The van der Waals surface area contributed by atoms with Gasteiger partial charge in [-0.3, -0.25) is 9.13 Å². The van der Waals surface area contributed by atoms with Crippen molar-refractivity contribution < 1.29 is 28.7 Å². The molecule has 10 heteroatoms. The maximum Gasteiger partial charge on any atom is 0.325 e. The highest BCUT2D eigenvalue weighted by Gasteiger charge is 2.15. The fourth-order valence-electron chi connectivity index (χ4n) is 0.636. The second-order valence-electron chi connectivity index (χ2n) is 3.06. The number of rotatable bonds is 6. The summed E-state index contributed by atoms with van der Waals surface area (Å²) in [7, 11) is -8.00. The number of nitrogens with two attached hydrogens (primary N) is 2. The van der Waals surface area contributed by atoms with Crippen molar-refractivity contribution in [3.63, 3.8) is 0 Å². The predicted molar refractivity (Wildman–Crippen MR) is 61.2 cm³/mol. The van der Waals surface area contributed by atoms with Gasteiger partial charge in [-0.05, 0) is 12.8 Å². The number of hydrogen-bond acceptors (Lipinski definition) is 4. The van der Waals surface area contributed by atoms with Crippen molar-refractivity contribution in [3.05, 3.63) is 0 Å². The molecule has 8 N–H and O–H groups in total. The Morgan fingerprint density at radius 3 is 1.12 bits per heavy atom. The zero-order valence-corrected chi connectivity index (χ0v) is 10.7. The van der Waals surface area contributed by atoms with Gasteiger partial charge in [-0.25, -0.2) is 0 Å². The van der Waals surface area contributed by atoms with Crippen LogP contribution in [0.5, 0.6) is 0 Å². The Morgan fingerprint density at radius 2 is 1.00 bits per heavy atom. The molecule has 0 heterocycles. The lowest BCUT2D eigenvalue weighted by Gasteiger charge is -2.04. The monoisotopic (exact) mass is 278 g/mol. The van der Waals surface area contributed by atoms with Crippen LogP contribution in [-0.2, 0) is 9.13 Å². The first kappa shape index (κ1) is 18.6. The average Bonchev–Trinajstić information content (AvgIpc) is 2.10. The average molecular weight is 278 g/mol. The Kier molecular flexibility index (Phi) is 10.8. The van der Waals surface area contributed by atoms with Crippen LogP contribution in [0.25, 0.3) is 0 Å². The largest absolute Gasteiger partial charge is 0.329 e. The fourth-order valence-corrected chi connectivity index (χ4v) is 1.91. The standard InChI is InChI=1S/C4H12O6P2.C2H8N2/c5-11(6,7)3-1-2-4-12(8,9)10;3-1-2-4/h1-4H2,(H2,5,6,7)(H2,8,9,10);1-4H2. The second-order valence-corrected chi connectivity index (χ2v) is 6.61. The van der Waals surface area contributed by atoms with Gasteiger partial charge in [0, 0.05) is 25.4 Å². The third-order valence-electron chi connectivity index (χ3n) is 1.32. The van der Waals surface area contributed by atoms with Crippen LogP contribution in [0.15, 0.2) is 0 Å². The van der Waals surface area contributed by atoms with E-state index in [4.69, 9.17) is 31.0 Å². The van der Waals surface area contributed by atoms with Crippen molar-refractivity contribution in [2.24, 2.45) is 11.5 Å². The van der Waals surface area contributed by atoms with Crippen LogP contribution in [0, 0.1) is 0 Å². The van der Waals surface area contributed by atoms with Crippen LogP contribution in [0.3, 0.4) is 0 Å². The molecular weight excluding hydrogens is 258 g/mol. The summed E-state index contributed by atoms with van der Waals surface area (Å²) in [6, 6.07) is 0. The van der Waals surface area contributed by atoms with E-state index in [1.807, 2.05) is 0 Å². The molecule has 0 aromatic heterocycles. The SMILES string of the molecule is NCCN.O=P(O)(O)CCCCP(=O)(O)O. The molecule has 0 unspecified atom stereocenters. The summed E-state index contributed by atoms with van der Waals surface area (Å²) in [4.78, 5) is 33.5. The van der Waals surface area contributed by atoms with Crippen molar-refractivity contribution in [1.82, 2.24) is 0 Å². The molecule has 8 nitrogen and oxygen atoms in total. The quantitative estimate of drug-likeness (QED) is 0.266. The molecular formula is C6H20N2O6P2. The van der Waals surface area contributed by atoms with Crippen LogP contribution >= 0.6 is 15.2 Å². The zero-order chi connectivity index (χ0) is 13.2. The first-order valence-corrected chi connectivity index (χ1v) is 8.21. The highest BCUT2D eigenvalue weighted by atomic mass is 31.2. The minimum atomic E-state index is -4.00. The van der Waals surface area contributed by atoms with Gasteiger partial charge in [0.25, 0.3) is 0 Å². The van der Waals surface area contributed by atoms with Gasteiger partial charge in [0.2, 0.25) is 0 Å². The lowest BCUT2D eigenvalue weighted by molar-refractivity contribution is 0.364. The van der Waals surface area contributed by atoms with Crippen molar-refractivity contribution in [2.75, 3.05) is 25.4 Å². The van der Waals surface area contributed by atoms with E-state index in [9.17, 15) is 9.13 Å². The highest BCUT2D eigenvalue weighted by molar-refractivity contribution is 7.52. The Balaban J connectivity index is 0. The number of unbranched alkanes of at least 4 members (excludes halogenated alkanes) is 1. The molecule has 0 aliphatic rings. The van der Waals surface area contributed by atoms with E-state index in [-0.39, 0.29) is 25.2 Å². The Bertz CT molecular complexity index is 223. The van der Waals surface area contributed by atoms with Crippen LogP contribution in [0.2, 0.25) is 0 Å². The molecule has 0 rings (SSSR count). The van der Waals surface area contributed by atoms with Gasteiger partial charge in [-0.15, -0.1) is 0 Å². The van der Waals surface area contributed by atoms with Gasteiger partial charge < -0.3 is 31.0 Å². The maximum atomic E-state index is 10.3. The normalized spacial score (nSPS) is 11.9. The Labute approximate surface area is 94.4 Å². The lowest BCUT2D eigenvalue weighted by Crippen LogP contribution is -2.11. The summed E-state index contributed by atoms with van der Waals surface area (Å²) >= 11 is 0. The molecule has 0 saturated heterocycles. The first-order chi connectivity index (χ1) is 7.12. The Morgan fingerprint density at radius 1 is 0.750 bits per heavy atom. The smallest absolute Gasteiger partial charge is 0.325 e. The molecule has 0 saturated carbocycles. The summed E-state index contributed by atoms with van der Waals surface area (Å²) in [6.45, 7) is 1.19. The third-order valence-corrected chi connectivity index (χ3v) is 3.11. The van der Waals surface area contributed by atoms with Crippen LogP contribution < -0.4 is 11.5 Å². The molecule has 0 amide bonds. The fraction of sp³-hybridized carbons (Fsp3) is 1.00. The molecule has 0 aliphatic carbocycles. The molecule has 16 heavy (non-hydrogen) atoms. The summed E-state index contributed by atoms with van der Waals surface area (Å²) in [5.41, 5.74) is 9.81. The highest BCUT2D eigenvalue weighted by Crippen LogP contribution is 2.38. The molecule has 100 valence electrons. The molecule has 0 atom stereocenters. The van der Waals surface area contributed by atoms with E-state index in [1.54, 1.807) is 0 Å². The summed E-state index contributed by atoms with van der Waals surface area (Å²) in [6.07, 6.45) is -0.356. The van der Waals surface area contributed by atoms with Gasteiger partial charge >= 0.3 is 15.2 Å². The molecule has 0 fully saturated rings. The molecule has 0 aliphatic heterocycles. The van der Waals surface area contributed by atoms with E-state index >= 15 is 0 Å². The molecule has 0 spiro atoms. The summed E-state index contributed by atoms with van der Waals surface area (Å²) in [5.74, 6) is 0. The van der Waals surface area contributed by atoms with Crippen LogP contribution in [0.1, 0.15) is 12.8 Å². The molecule has 0 radical (unpaired) electrons. The van der Waals surface area contributed by atoms with Crippen LogP contribution in [-0.4, -0.2) is 45.0 Å². The molecule has 0 aromatic rings. The maximum absolute atomic E-state index is 10.3. The van der Waals surface area contributed by atoms with E-state index in [0.29, 0.717) is 13.1 Å². The predicted octanol–water partition coefficient (Wildman–Crippen LogP) is -0.974. The van der Waals surface area contributed by atoms with Crippen molar-refractivity contribution >= 4 is 15.2 Å². The Hall–Kier alpha value is 0.220. The third kappa shape index (κ3) is 23.8. The minimum Gasteiger partial charge on any atom is -0.329 e. The number of hydrogen-bond donors (Lipinski definition) is 6. The molecule has 0 bridgehead atoms. The van der Waals surface area contributed by atoms with Gasteiger partial charge in [0.05, 0.1) is 0 Å². The van der Waals surface area contributed by atoms with Gasteiger partial charge in [-0.2, -0.15) is 0 Å². The molecule has 0 aromatic carbocycles. The van der Waals surface area contributed by atoms with E-state index < -0.39 is 15.2 Å². The lowest BCUT2D eigenvalue weighted by atomic mass is 10.4. The van der Waals surface area contributed by atoms with E-state index in [1.165, 1.54) is 0 Å². The van der Waals surface area contributed by atoms with Crippen molar-refractivity contribution in [3.8, 4) is 0 Å². The second kappa shape index (κ2) is 9.27. The van der Waals surface area contributed by atoms with E-state index in [2.05, 4.69) is 0 Å². The zero-order valence-electron chi connectivity index (χ0n) is 8.90. The summed E-state index contributed by atoms with van der Waals surface area (Å²) < 4.78 is 20.5. The topological polar surface area (TPSA) is 167 Å². The minimum absolute atomic E-state index is 0.134. The van der Waals surface area contributed by atoms with Gasteiger partial charge in [0.1, 0.15) is 0 Å². The van der Waals surface area contributed by atoms with Gasteiger partial charge in [-0.1, -0.05) is 0 Å². The van der Waals surface area contributed by atoms with Gasteiger partial charge in [0.15, 0.2) is 0 Å². The summed E-state index contributed by atoms with van der Waals surface area (Å²) in [5, 5.41) is 0. The van der Waals surface area contributed by atoms with E-state index in [0.717, 1.165) is 0 Å². The first-order valence-electron chi connectivity index (χ1n) is 4.61. The van der Waals surface area contributed by atoms with Crippen molar-refractivity contribution in [2.45, 2.75) is 12.8 Å². The van der Waals surface area contributed by atoms with Crippen LogP contribution in [0.4, 0.5) is 0 Å². The van der Waals surface area contributed by atoms with Crippen molar-refractivity contribution in [1.29, 1.82) is 0 Å².